The zero-order valence-corrected chi connectivity index (χ0v) is 15.7. The van der Waals surface area contributed by atoms with Crippen molar-refractivity contribution >= 4 is 23.2 Å². The molecule has 1 saturated heterocycles. The molecule has 0 N–H and O–H groups in total. The molecule has 10 heteroatoms. The zero-order chi connectivity index (χ0) is 19.8. The van der Waals surface area contributed by atoms with Crippen LogP contribution >= 0.6 is 11.6 Å². The van der Waals surface area contributed by atoms with Crippen molar-refractivity contribution in [2.45, 2.75) is 12.5 Å². The standard InChI is InChI=1S/C18H18ClN5O4/c19-16-15(11-20-23(18(16)26)12-4-2-1-3-5-12)21-6-8-22(9-7-21)17(25)13-10-14(13)24(27)28/h1-5,11,13-14H,6-10H2/t13-,14+/m0/s1. The molecule has 0 spiro atoms. The van der Waals surface area contributed by atoms with Gasteiger partial charge in [0.2, 0.25) is 11.9 Å². The lowest BCUT2D eigenvalue weighted by Gasteiger charge is -2.36. The highest BCUT2D eigenvalue weighted by molar-refractivity contribution is 6.33. The van der Waals surface area contributed by atoms with Gasteiger partial charge in [0.05, 0.1) is 17.6 Å². The number of halogens is 1. The molecule has 9 nitrogen and oxygen atoms in total. The molecule has 0 radical (unpaired) electrons. The predicted octanol–water partition coefficient (Wildman–Crippen LogP) is 1.20. The Bertz CT molecular complexity index is 972. The largest absolute Gasteiger partial charge is 0.365 e. The molecule has 2 aromatic rings. The highest BCUT2D eigenvalue weighted by Crippen LogP contribution is 2.35. The molecule has 2 heterocycles. The van der Waals surface area contributed by atoms with E-state index in [0.29, 0.717) is 44.0 Å². The molecule has 1 aliphatic carbocycles. The lowest BCUT2D eigenvalue weighted by atomic mass is 10.2. The first-order chi connectivity index (χ1) is 13.5. The SMILES string of the molecule is O=C([C@H]1C[C@H]1[N+](=O)[O-])N1CCN(c2cnn(-c3ccccc3)c(=O)c2Cl)CC1. The van der Waals surface area contributed by atoms with E-state index in [1.165, 1.54) is 4.68 Å². The van der Waals surface area contributed by atoms with E-state index in [9.17, 15) is 19.7 Å². The summed E-state index contributed by atoms with van der Waals surface area (Å²) in [6.07, 6.45) is 1.87. The van der Waals surface area contributed by atoms with Gasteiger partial charge in [-0.2, -0.15) is 9.78 Å². The van der Waals surface area contributed by atoms with Crippen LogP contribution in [0.15, 0.2) is 41.3 Å². The fourth-order valence-electron chi connectivity index (χ4n) is 3.48. The van der Waals surface area contributed by atoms with Crippen LogP contribution in [0.25, 0.3) is 5.69 Å². The molecule has 2 fully saturated rings. The molecule has 1 aromatic heterocycles. The van der Waals surface area contributed by atoms with Crippen molar-refractivity contribution in [3.05, 3.63) is 62.0 Å². The van der Waals surface area contributed by atoms with Crippen LogP contribution in [0, 0.1) is 16.0 Å². The molecule has 1 aromatic carbocycles. The van der Waals surface area contributed by atoms with Crippen molar-refractivity contribution < 1.29 is 9.72 Å². The van der Waals surface area contributed by atoms with Gasteiger partial charge in [-0.3, -0.25) is 19.7 Å². The van der Waals surface area contributed by atoms with E-state index in [1.807, 2.05) is 23.1 Å². The summed E-state index contributed by atoms with van der Waals surface area (Å²) >= 11 is 6.32. The summed E-state index contributed by atoms with van der Waals surface area (Å²) in [6, 6.07) is 8.27. The number of rotatable bonds is 4. The van der Waals surface area contributed by atoms with Crippen molar-refractivity contribution in [2.24, 2.45) is 5.92 Å². The van der Waals surface area contributed by atoms with E-state index in [4.69, 9.17) is 11.6 Å². The molecular formula is C18H18ClN5O4. The normalized spacial score (nSPS) is 21.5. The number of para-hydroxylation sites is 1. The summed E-state index contributed by atoms with van der Waals surface area (Å²) in [5.74, 6) is -0.660. The number of nitrogens with zero attached hydrogens (tertiary/aromatic N) is 5. The maximum atomic E-state index is 12.6. The summed E-state index contributed by atoms with van der Waals surface area (Å²) in [5.41, 5.74) is 0.748. The summed E-state index contributed by atoms with van der Waals surface area (Å²) in [7, 11) is 0. The Morgan fingerprint density at radius 3 is 2.46 bits per heavy atom. The monoisotopic (exact) mass is 403 g/mol. The second-order valence-electron chi connectivity index (χ2n) is 6.90. The summed E-state index contributed by atoms with van der Waals surface area (Å²) in [5, 5.41) is 15.1. The van der Waals surface area contributed by atoms with Crippen molar-refractivity contribution in [2.75, 3.05) is 31.1 Å². The Balaban J connectivity index is 1.45. The minimum atomic E-state index is -0.741. The predicted molar refractivity (Wildman–Crippen MR) is 103 cm³/mol. The summed E-state index contributed by atoms with van der Waals surface area (Å²) in [4.78, 5) is 38.9. The van der Waals surface area contributed by atoms with Gasteiger partial charge in [-0.05, 0) is 12.1 Å². The van der Waals surface area contributed by atoms with Gasteiger partial charge in [0.15, 0.2) is 0 Å². The average Bonchev–Trinajstić information content (AvgIpc) is 3.52. The lowest BCUT2D eigenvalue weighted by Crippen LogP contribution is -2.50. The van der Waals surface area contributed by atoms with E-state index in [1.54, 1.807) is 23.2 Å². The molecule has 146 valence electrons. The number of benzene rings is 1. The van der Waals surface area contributed by atoms with Gasteiger partial charge in [0, 0.05) is 37.5 Å². The highest BCUT2D eigenvalue weighted by Gasteiger charge is 2.54. The van der Waals surface area contributed by atoms with Gasteiger partial charge < -0.3 is 9.80 Å². The van der Waals surface area contributed by atoms with E-state index in [2.05, 4.69) is 5.10 Å². The number of carbonyl (C=O) groups is 1. The van der Waals surface area contributed by atoms with Gasteiger partial charge in [-0.1, -0.05) is 29.8 Å². The van der Waals surface area contributed by atoms with Gasteiger partial charge in [-0.25, -0.2) is 0 Å². The van der Waals surface area contributed by atoms with Crippen LogP contribution in [0.5, 0.6) is 0 Å². The van der Waals surface area contributed by atoms with E-state index >= 15 is 0 Å². The van der Waals surface area contributed by atoms with Crippen LogP contribution in [0.1, 0.15) is 6.42 Å². The fraction of sp³-hybridized carbons (Fsp3) is 0.389. The smallest absolute Gasteiger partial charge is 0.292 e. The van der Waals surface area contributed by atoms with Crippen molar-refractivity contribution in [1.82, 2.24) is 14.7 Å². The van der Waals surface area contributed by atoms with E-state index in [-0.39, 0.29) is 15.9 Å². The van der Waals surface area contributed by atoms with E-state index < -0.39 is 17.5 Å². The molecule has 28 heavy (non-hydrogen) atoms. The number of carbonyl (C=O) groups excluding carboxylic acids is 1. The van der Waals surface area contributed by atoms with Crippen molar-refractivity contribution in [3.63, 3.8) is 0 Å². The maximum absolute atomic E-state index is 12.6. The zero-order valence-electron chi connectivity index (χ0n) is 14.9. The molecule has 0 bridgehead atoms. The topological polar surface area (TPSA) is 102 Å². The minimum absolute atomic E-state index is 0.0780. The first-order valence-corrected chi connectivity index (χ1v) is 9.35. The average molecular weight is 404 g/mol. The molecule has 4 rings (SSSR count). The summed E-state index contributed by atoms with van der Waals surface area (Å²) < 4.78 is 1.25. The van der Waals surface area contributed by atoms with Crippen molar-refractivity contribution in [3.8, 4) is 5.69 Å². The number of hydrogen-bond acceptors (Lipinski definition) is 6. The van der Waals surface area contributed by atoms with Gasteiger partial charge >= 0.3 is 0 Å². The molecule has 1 aliphatic heterocycles. The van der Waals surface area contributed by atoms with Crippen LogP contribution < -0.4 is 10.5 Å². The highest BCUT2D eigenvalue weighted by atomic mass is 35.5. The Morgan fingerprint density at radius 1 is 1.18 bits per heavy atom. The van der Waals surface area contributed by atoms with Gasteiger partial charge in [0.25, 0.3) is 5.56 Å². The van der Waals surface area contributed by atoms with Crippen LogP contribution in [-0.4, -0.2) is 57.7 Å². The number of nitro groups is 1. The Kier molecular flexibility index (Phi) is 4.76. The van der Waals surface area contributed by atoms with E-state index in [0.717, 1.165) is 0 Å². The first-order valence-electron chi connectivity index (χ1n) is 8.98. The third-order valence-corrected chi connectivity index (χ3v) is 5.53. The molecule has 0 unspecified atom stereocenters. The van der Waals surface area contributed by atoms with Crippen LogP contribution in [0.4, 0.5) is 5.69 Å². The van der Waals surface area contributed by atoms with Gasteiger partial charge in [-0.15, -0.1) is 0 Å². The third-order valence-electron chi connectivity index (χ3n) is 5.18. The van der Waals surface area contributed by atoms with Crippen LogP contribution in [-0.2, 0) is 4.79 Å². The fourth-order valence-corrected chi connectivity index (χ4v) is 3.73. The lowest BCUT2D eigenvalue weighted by molar-refractivity contribution is -0.497. The van der Waals surface area contributed by atoms with Crippen LogP contribution in [0.2, 0.25) is 5.02 Å². The molecule has 1 amide bonds. The maximum Gasteiger partial charge on any atom is 0.292 e. The molecular weight excluding hydrogens is 386 g/mol. The second-order valence-corrected chi connectivity index (χ2v) is 7.28. The Hall–Kier alpha value is -2.94. The number of piperazine rings is 1. The third kappa shape index (κ3) is 3.33. The molecule has 1 saturated carbocycles. The number of amides is 1. The van der Waals surface area contributed by atoms with Gasteiger partial charge in [0.1, 0.15) is 10.9 Å². The Morgan fingerprint density at radius 2 is 1.86 bits per heavy atom. The first kappa shape index (κ1) is 18.4. The van der Waals surface area contributed by atoms with Crippen LogP contribution in [0.3, 0.4) is 0 Å². The molecule has 2 atom stereocenters. The number of aromatic nitrogens is 2. The Labute approximate surface area is 165 Å². The second kappa shape index (κ2) is 7.23. The quantitative estimate of drug-likeness (QED) is 0.561. The summed E-state index contributed by atoms with van der Waals surface area (Å²) in [6.45, 7) is 1.82. The molecule has 2 aliphatic rings. The minimum Gasteiger partial charge on any atom is -0.365 e. The van der Waals surface area contributed by atoms with Crippen molar-refractivity contribution in [1.29, 1.82) is 0 Å². The number of anilines is 1. The number of hydrogen-bond donors (Lipinski definition) is 0.